The Morgan fingerprint density at radius 3 is 2.24 bits per heavy atom. The summed E-state index contributed by atoms with van der Waals surface area (Å²) in [5, 5.41) is 15.6. The van der Waals surface area contributed by atoms with Gasteiger partial charge in [-0.2, -0.15) is 0 Å². The Morgan fingerprint density at radius 1 is 0.845 bits per heavy atom. The number of thiazole rings is 2. The molecule has 0 saturated carbocycles. The first-order chi connectivity index (χ1) is 28.1. The van der Waals surface area contributed by atoms with Gasteiger partial charge in [0.1, 0.15) is 35.2 Å². The van der Waals surface area contributed by atoms with Crippen LogP contribution in [-0.4, -0.2) is 88.6 Å². The molecule has 6 heterocycles. The van der Waals surface area contributed by atoms with E-state index in [1.807, 2.05) is 78.0 Å². The highest BCUT2D eigenvalue weighted by molar-refractivity contribution is 7.20. The van der Waals surface area contributed by atoms with Crippen LogP contribution in [0.2, 0.25) is 0 Å². The second-order valence-electron chi connectivity index (χ2n) is 15.1. The quantitative estimate of drug-likeness (QED) is 0.118. The van der Waals surface area contributed by atoms with Crippen molar-refractivity contribution in [1.82, 2.24) is 44.8 Å². The molecule has 2 aromatic carbocycles. The molecule has 2 fully saturated rings. The number of fused-ring (bicyclic) bond motifs is 1. The van der Waals surface area contributed by atoms with Crippen LogP contribution in [0.4, 0.5) is 0 Å². The molecule has 2 aliphatic rings. The molecule has 2 aliphatic heterocycles. The average Bonchev–Trinajstić information content (AvgIpc) is 4.08. The summed E-state index contributed by atoms with van der Waals surface area (Å²) in [6, 6.07) is 15.7. The summed E-state index contributed by atoms with van der Waals surface area (Å²) in [4.78, 5) is 75.7. The van der Waals surface area contributed by atoms with E-state index in [0.717, 1.165) is 73.5 Å². The van der Waals surface area contributed by atoms with Crippen LogP contribution in [0.3, 0.4) is 0 Å². The van der Waals surface area contributed by atoms with Gasteiger partial charge in [-0.05, 0) is 48.3 Å². The van der Waals surface area contributed by atoms with Crippen LogP contribution in [0.1, 0.15) is 81.0 Å². The van der Waals surface area contributed by atoms with Gasteiger partial charge >= 0.3 is 0 Å². The van der Waals surface area contributed by atoms with Gasteiger partial charge in [-0.25, -0.2) is 15.0 Å². The van der Waals surface area contributed by atoms with Crippen LogP contribution in [0.25, 0.3) is 37.2 Å². The average molecular weight is 820 g/mol. The van der Waals surface area contributed by atoms with Crippen molar-refractivity contribution in [2.24, 2.45) is 5.92 Å². The summed E-state index contributed by atoms with van der Waals surface area (Å²) in [6.45, 7) is 5.69. The van der Waals surface area contributed by atoms with Gasteiger partial charge in [0.2, 0.25) is 23.6 Å². The highest BCUT2D eigenvalue weighted by Gasteiger charge is 2.38. The number of carbonyl (C=O) groups is 4. The molecule has 0 radical (unpaired) electrons. The number of nitrogens with zero attached hydrogens (tertiary/aromatic N) is 6. The molecular weight excluding hydrogens is 775 g/mol. The Morgan fingerprint density at radius 2 is 1.55 bits per heavy atom. The highest BCUT2D eigenvalue weighted by atomic mass is 32.1. The second-order valence-corrected chi connectivity index (χ2v) is 17.2. The van der Waals surface area contributed by atoms with Crippen LogP contribution in [-0.2, 0) is 19.2 Å². The number of likely N-dealkylation sites (tertiary alicyclic amines) is 2. The van der Waals surface area contributed by atoms with Crippen molar-refractivity contribution < 1.29 is 24.3 Å². The maximum atomic E-state index is 13.9. The number of amides is 4. The molecule has 2 saturated heterocycles. The number of H-pyrrole nitrogens is 1. The molecule has 0 spiro atoms. The van der Waals surface area contributed by atoms with E-state index in [9.17, 15) is 24.3 Å². The van der Waals surface area contributed by atoms with E-state index in [4.69, 9.17) is 9.97 Å². The zero-order valence-electron chi connectivity index (χ0n) is 32.4. The number of rotatable bonds is 12. The summed E-state index contributed by atoms with van der Waals surface area (Å²) in [5.41, 5.74) is 4.43. The number of imidazole rings is 2. The minimum Gasteiger partial charge on any atom is -0.387 e. The van der Waals surface area contributed by atoms with Crippen molar-refractivity contribution in [1.29, 1.82) is 0 Å². The number of hydrogen-bond donors (Lipinski definition) is 4. The zero-order valence-corrected chi connectivity index (χ0v) is 34.1. The molecule has 4 aromatic heterocycles. The topological polar surface area (TPSA) is 178 Å². The number of aliphatic hydroxyl groups is 1. The summed E-state index contributed by atoms with van der Waals surface area (Å²) >= 11 is 3.14. The van der Waals surface area contributed by atoms with E-state index >= 15 is 0 Å². The third kappa shape index (κ3) is 7.91. The fraction of sp³-hybridized carbons (Fsp3) is 0.357. The molecule has 58 heavy (non-hydrogen) atoms. The standard InChI is InChI=1S/C42H45N9O5S2/c1-24(2)36(48-35(54)23-52)40(55)50-17-7-11-31(50)38-43-19-29(46-38)26-13-15-27(16-14-26)34-22-49-21-30(47-42(49)58-34)33-20-44-39(57-33)32-12-8-18-51(32)41(56)37(45-25(3)53)28-9-5-4-6-10-28/h4-6,9-10,13-16,19-22,24,31-32,36-37,52H,7-8,11-12,17-18,23H2,1-3H3,(H,43,46)(H,45,53)(H,48,54)/t31-,32?,36?,37?/m0/s1. The van der Waals surface area contributed by atoms with Crippen molar-refractivity contribution in [3.05, 3.63) is 95.8 Å². The van der Waals surface area contributed by atoms with Crippen LogP contribution < -0.4 is 10.6 Å². The van der Waals surface area contributed by atoms with Crippen molar-refractivity contribution in [2.45, 2.75) is 70.6 Å². The first kappa shape index (κ1) is 39.1. The maximum Gasteiger partial charge on any atom is 0.250 e. The highest BCUT2D eigenvalue weighted by Crippen LogP contribution is 2.40. The minimum atomic E-state index is -0.755. The fourth-order valence-electron chi connectivity index (χ4n) is 7.89. The van der Waals surface area contributed by atoms with Crippen molar-refractivity contribution >= 4 is 51.3 Å². The number of hydrogen-bond acceptors (Lipinski definition) is 10. The lowest BCUT2D eigenvalue weighted by molar-refractivity contribution is -0.139. The Kier molecular flexibility index (Phi) is 11.2. The van der Waals surface area contributed by atoms with Crippen molar-refractivity contribution in [3.8, 4) is 32.3 Å². The molecule has 4 amide bonds. The van der Waals surface area contributed by atoms with Gasteiger partial charge in [0, 0.05) is 38.6 Å². The van der Waals surface area contributed by atoms with Gasteiger partial charge in [-0.15, -0.1) is 11.3 Å². The molecule has 3 unspecified atom stereocenters. The summed E-state index contributed by atoms with van der Waals surface area (Å²) < 4.78 is 2.03. The van der Waals surface area contributed by atoms with Gasteiger partial charge in [0.15, 0.2) is 4.96 Å². The fourth-order valence-corrected chi connectivity index (χ4v) is 9.88. The Labute approximate surface area is 343 Å². The first-order valence-electron chi connectivity index (χ1n) is 19.5. The van der Waals surface area contributed by atoms with Gasteiger partial charge in [-0.3, -0.25) is 23.6 Å². The minimum absolute atomic E-state index is 0.133. The van der Waals surface area contributed by atoms with E-state index in [1.165, 1.54) is 6.92 Å². The van der Waals surface area contributed by atoms with E-state index in [2.05, 4.69) is 38.9 Å². The van der Waals surface area contributed by atoms with Crippen molar-refractivity contribution in [3.63, 3.8) is 0 Å². The van der Waals surface area contributed by atoms with E-state index in [0.29, 0.717) is 18.9 Å². The Hall–Kier alpha value is -5.71. The number of nitrogens with one attached hydrogen (secondary N) is 3. The molecule has 300 valence electrons. The molecular formula is C42H45N9O5S2. The van der Waals surface area contributed by atoms with Crippen LogP contribution in [0, 0.1) is 5.92 Å². The monoisotopic (exact) mass is 819 g/mol. The van der Waals surface area contributed by atoms with Gasteiger partial charge in [-0.1, -0.05) is 79.8 Å². The number of benzene rings is 2. The van der Waals surface area contributed by atoms with E-state index in [-0.39, 0.29) is 35.7 Å². The maximum absolute atomic E-state index is 13.9. The molecule has 4 atom stereocenters. The Balaban J connectivity index is 0.937. The third-order valence-corrected chi connectivity index (χ3v) is 13.0. The van der Waals surface area contributed by atoms with Crippen LogP contribution in [0.5, 0.6) is 0 Å². The van der Waals surface area contributed by atoms with E-state index in [1.54, 1.807) is 33.8 Å². The SMILES string of the molecule is CC(=O)NC(C(=O)N1CCCC1c1ncc(-c2cn3cc(-c4ccc(-c5cnc([C@@H]6CCCN6C(=O)C(NC(=O)CO)C(C)C)[nH]5)cc4)sc3n2)s1)c1ccccc1. The third-order valence-electron chi connectivity index (χ3n) is 10.8. The van der Waals surface area contributed by atoms with Gasteiger partial charge in [0.05, 0.1) is 33.7 Å². The number of aliphatic hydroxyl groups excluding tert-OH is 1. The lowest BCUT2D eigenvalue weighted by Gasteiger charge is -2.30. The number of aromatic nitrogens is 5. The summed E-state index contributed by atoms with van der Waals surface area (Å²) in [7, 11) is 0. The molecule has 16 heteroatoms. The normalized spacial score (nSPS) is 17.9. The lowest BCUT2D eigenvalue weighted by Crippen LogP contribution is -2.51. The molecule has 0 aliphatic carbocycles. The number of carbonyl (C=O) groups excluding carboxylic acids is 4. The largest absolute Gasteiger partial charge is 0.387 e. The predicted molar refractivity (Wildman–Crippen MR) is 221 cm³/mol. The second kappa shape index (κ2) is 16.6. The molecule has 4 N–H and O–H groups in total. The molecule has 14 nitrogen and oxygen atoms in total. The lowest BCUT2D eigenvalue weighted by atomic mass is 10.0. The van der Waals surface area contributed by atoms with Crippen LogP contribution >= 0.6 is 22.7 Å². The molecule has 8 rings (SSSR count). The number of aromatic amines is 1. The zero-order chi connectivity index (χ0) is 40.5. The van der Waals surface area contributed by atoms with Crippen LogP contribution in [0.15, 0.2) is 79.4 Å². The van der Waals surface area contributed by atoms with Gasteiger partial charge < -0.3 is 30.5 Å². The first-order valence-corrected chi connectivity index (χ1v) is 21.1. The van der Waals surface area contributed by atoms with E-state index < -0.39 is 24.6 Å². The van der Waals surface area contributed by atoms with Crippen molar-refractivity contribution in [2.75, 3.05) is 19.7 Å². The summed E-state index contributed by atoms with van der Waals surface area (Å²) in [5.74, 6) is -0.561. The molecule has 0 bridgehead atoms. The smallest absolute Gasteiger partial charge is 0.250 e. The predicted octanol–water partition coefficient (Wildman–Crippen LogP) is 5.91. The summed E-state index contributed by atoms with van der Waals surface area (Å²) in [6.07, 6.45) is 11.0. The molecule has 6 aromatic rings. The van der Waals surface area contributed by atoms with Gasteiger partial charge in [0.25, 0.3) is 0 Å². The Bertz CT molecular complexity index is 2410.